The third-order valence-corrected chi connectivity index (χ3v) is 3.67. The first-order valence-electron chi connectivity index (χ1n) is 6.86. The van der Waals surface area contributed by atoms with Gasteiger partial charge in [-0.3, -0.25) is 0 Å². The number of rotatable bonds is 5. The lowest BCUT2D eigenvalue weighted by atomic mass is 10.0. The molecule has 1 fully saturated rings. The van der Waals surface area contributed by atoms with Crippen molar-refractivity contribution in [2.75, 3.05) is 0 Å². The molecule has 20 heavy (non-hydrogen) atoms. The molecule has 0 bridgehead atoms. The Kier molecular flexibility index (Phi) is 4.26. The molecular formula is C15H20F2N2O. The highest BCUT2D eigenvalue weighted by atomic mass is 19.3. The molecule has 2 amide bonds. The van der Waals surface area contributed by atoms with Gasteiger partial charge in [0.05, 0.1) is 0 Å². The molecule has 0 unspecified atom stereocenters. The van der Waals surface area contributed by atoms with Gasteiger partial charge in [-0.1, -0.05) is 38.1 Å². The Morgan fingerprint density at radius 1 is 1.25 bits per heavy atom. The largest absolute Gasteiger partial charge is 0.334 e. The number of amides is 2. The molecule has 3 nitrogen and oxygen atoms in total. The molecule has 2 N–H and O–H groups in total. The van der Waals surface area contributed by atoms with Crippen molar-refractivity contribution < 1.29 is 13.6 Å². The van der Waals surface area contributed by atoms with Gasteiger partial charge in [-0.05, 0) is 29.9 Å². The Bertz CT molecular complexity index is 467. The second kappa shape index (κ2) is 5.77. The van der Waals surface area contributed by atoms with Gasteiger partial charge in [-0.2, -0.15) is 0 Å². The molecule has 0 aliphatic heterocycles. The van der Waals surface area contributed by atoms with Crippen molar-refractivity contribution in [1.82, 2.24) is 10.6 Å². The number of halogens is 2. The van der Waals surface area contributed by atoms with E-state index in [4.69, 9.17) is 0 Å². The second-order valence-corrected chi connectivity index (χ2v) is 5.66. The van der Waals surface area contributed by atoms with Crippen LogP contribution in [0.4, 0.5) is 13.6 Å². The van der Waals surface area contributed by atoms with Crippen molar-refractivity contribution in [3.05, 3.63) is 35.4 Å². The monoisotopic (exact) mass is 282 g/mol. The summed E-state index contributed by atoms with van der Waals surface area (Å²) in [7, 11) is 0. The third kappa shape index (κ3) is 3.46. The number of benzene rings is 1. The molecule has 110 valence electrons. The minimum absolute atomic E-state index is 0.337. The lowest BCUT2D eigenvalue weighted by molar-refractivity contribution is 0.0894. The SMILES string of the molecule is CC(C)c1ccc(CNC(=O)NC2(C(F)F)CC2)cc1. The van der Waals surface area contributed by atoms with Gasteiger partial charge >= 0.3 is 6.03 Å². The Morgan fingerprint density at radius 2 is 1.85 bits per heavy atom. The van der Waals surface area contributed by atoms with Crippen LogP contribution in [0, 0.1) is 0 Å². The highest BCUT2D eigenvalue weighted by molar-refractivity contribution is 5.75. The summed E-state index contributed by atoms with van der Waals surface area (Å²) in [5.41, 5.74) is 0.894. The maximum atomic E-state index is 12.7. The molecule has 1 aliphatic carbocycles. The molecule has 1 aromatic rings. The lowest BCUT2D eigenvalue weighted by Crippen LogP contribution is -2.47. The fraction of sp³-hybridized carbons (Fsp3) is 0.533. The first kappa shape index (κ1) is 14.8. The summed E-state index contributed by atoms with van der Waals surface area (Å²) in [5, 5.41) is 4.98. The van der Waals surface area contributed by atoms with E-state index in [0.29, 0.717) is 25.3 Å². The molecular weight excluding hydrogens is 262 g/mol. The summed E-state index contributed by atoms with van der Waals surface area (Å²) in [4.78, 5) is 11.6. The number of alkyl halides is 2. The van der Waals surface area contributed by atoms with Crippen LogP contribution in [0.5, 0.6) is 0 Å². The van der Waals surface area contributed by atoms with Gasteiger partial charge in [0.25, 0.3) is 6.43 Å². The van der Waals surface area contributed by atoms with Crippen LogP contribution in [0.1, 0.15) is 43.7 Å². The first-order chi connectivity index (χ1) is 9.43. The van der Waals surface area contributed by atoms with Gasteiger partial charge in [0.1, 0.15) is 5.54 Å². The normalized spacial score (nSPS) is 16.3. The predicted molar refractivity (Wildman–Crippen MR) is 73.9 cm³/mol. The summed E-state index contributed by atoms with van der Waals surface area (Å²) >= 11 is 0. The van der Waals surface area contributed by atoms with Gasteiger partial charge in [-0.15, -0.1) is 0 Å². The van der Waals surface area contributed by atoms with Crippen molar-refractivity contribution >= 4 is 6.03 Å². The van der Waals surface area contributed by atoms with E-state index in [0.717, 1.165) is 5.56 Å². The van der Waals surface area contributed by atoms with E-state index in [1.807, 2.05) is 24.3 Å². The van der Waals surface area contributed by atoms with Gasteiger partial charge in [0.2, 0.25) is 0 Å². The molecule has 0 saturated heterocycles. The molecule has 1 aliphatic rings. The van der Waals surface area contributed by atoms with Crippen LogP contribution >= 0.6 is 0 Å². The highest BCUT2D eigenvalue weighted by Crippen LogP contribution is 2.40. The maximum absolute atomic E-state index is 12.7. The Hall–Kier alpha value is -1.65. The van der Waals surface area contributed by atoms with E-state index in [1.54, 1.807) is 0 Å². The number of urea groups is 1. The fourth-order valence-corrected chi connectivity index (χ4v) is 2.01. The molecule has 0 radical (unpaired) electrons. The zero-order valence-electron chi connectivity index (χ0n) is 11.7. The number of nitrogens with one attached hydrogen (secondary N) is 2. The van der Waals surface area contributed by atoms with Crippen LogP contribution in [-0.2, 0) is 6.54 Å². The minimum Gasteiger partial charge on any atom is -0.334 e. The van der Waals surface area contributed by atoms with Crippen LogP contribution in [0.2, 0.25) is 0 Å². The summed E-state index contributed by atoms with van der Waals surface area (Å²) in [5.74, 6) is 0.459. The summed E-state index contributed by atoms with van der Waals surface area (Å²) in [6, 6.07) is 7.38. The molecule has 2 rings (SSSR count). The van der Waals surface area contributed by atoms with E-state index in [1.165, 1.54) is 5.56 Å². The van der Waals surface area contributed by atoms with Crippen LogP contribution in [-0.4, -0.2) is 18.0 Å². The fourth-order valence-electron chi connectivity index (χ4n) is 2.01. The summed E-state index contributed by atoms with van der Waals surface area (Å²) in [6.45, 7) is 4.56. The number of hydrogen-bond acceptors (Lipinski definition) is 1. The molecule has 0 atom stereocenters. The quantitative estimate of drug-likeness (QED) is 0.853. The number of carbonyl (C=O) groups is 1. The van der Waals surface area contributed by atoms with Crippen molar-refractivity contribution in [2.45, 2.75) is 51.1 Å². The predicted octanol–water partition coefficient (Wildman–Crippen LogP) is 3.41. The zero-order chi connectivity index (χ0) is 14.8. The Morgan fingerprint density at radius 3 is 2.30 bits per heavy atom. The zero-order valence-corrected chi connectivity index (χ0v) is 11.7. The van der Waals surface area contributed by atoms with Crippen LogP contribution in [0.3, 0.4) is 0 Å². The van der Waals surface area contributed by atoms with E-state index < -0.39 is 18.0 Å². The lowest BCUT2D eigenvalue weighted by Gasteiger charge is -2.16. The molecule has 0 spiro atoms. The van der Waals surface area contributed by atoms with E-state index in [-0.39, 0.29) is 0 Å². The van der Waals surface area contributed by atoms with Crippen molar-refractivity contribution in [3.63, 3.8) is 0 Å². The van der Waals surface area contributed by atoms with Crippen molar-refractivity contribution in [1.29, 1.82) is 0 Å². The Labute approximate surface area is 117 Å². The first-order valence-corrected chi connectivity index (χ1v) is 6.86. The molecule has 5 heteroatoms. The molecule has 0 heterocycles. The van der Waals surface area contributed by atoms with E-state index >= 15 is 0 Å². The van der Waals surface area contributed by atoms with Crippen molar-refractivity contribution in [2.24, 2.45) is 0 Å². The van der Waals surface area contributed by atoms with Gasteiger partial charge in [-0.25, -0.2) is 13.6 Å². The second-order valence-electron chi connectivity index (χ2n) is 5.66. The van der Waals surface area contributed by atoms with Crippen LogP contribution < -0.4 is 10.6 Å². The van der Waals surface area contributed by atoms with Crippen molar-refractivity contribution in [3.8, 4) is 0 Å². The molecule has 0 aromatic heterocycles. The van der Waals surface area contributed by atoms with Gasteiger partial charge in [0.15, 0.2) is 0 Å². The third-order valence-electron chi connectivity index (χ3n) is 3.67. The van der Waals surface area contributed by atoms with Crippen LogP contribution in [0.25, 0.3) is 0 Å². The van der Waals surface area contributed by atoms with E-state index in [9.17, 15) is 13.6 Å². The topological polar surface area (TPSA) is 41.1 Å². The smallest absolute Gasteiger partial charge is 0.315 e. The molecule has 1 saturated carbocycles. The highest BCUT2D eigenvalue weighted by Gasteiger charge is 2.52. The standard InChI is InChI=1S/C15H20F2N2O/c1-10(2)12-5-3-11(4-6-12)9-18-14(20)19-15(7-8-15)13(16)17/h3-6,10,13H,7-9H2,1-2H3,(H2,18,19,20). The van der Waals surface area contributed by atoms with Gasteiger partial charge < -0.3 is 10.6 Å². The number of hydrogen-bond donors (Lipinski definition) is 2. The average Bonchev–Trinajstić information content (AvgIpc) is 3.18. The van der Waals surface area contributed by atoms with E-state index in [2.05, 4.69) is 24.5 Å². The summed E-state index contributed by atoms with van der Waals surface area (Å²) < 4.78 is 25.4. The maximum Gasteiger partial charge on any atom is 0.315 e. The minimum atomic E-state index is -2.50. The Balaban J connectivity index is 1.81. The van der Waals surface area contributed by atoms with Gasteiger partial charge in [0, 0.05) is 6.54 Å². The number of carbonyl (C=O) groups excluding carboxylic acids is 1. The molecule has 1 aromatic carbocycles. The van der Waals surface area contributed by atoms with Crippen LogP contribution in [0.15, 0.2) is 24.3 Å². The average molecular weight is 282 g/mol. The summed E-state index contributed by atoms with van der Waals surface area (Å²) in [6.07, 6.45) is -1.80.